The van der Waals surface area contributed by atoms with Crippen molar-refractivity contribution in [2.45, 2.75) is 25.7 Å². The van der Waals surface area contributed by atoms with E-state index in [0.717, 1.165) is 13.0 Å². The second-order valence-electron chi connectivity index (χ2n) is 3.80. The quantitative estimate of drug-likeness (QED) is 0.755. The van der Waals surface area contributed by atoms with Gasteiger partial charge in [0.1, 0.15) is 0 Å². The number of hydrogen-bond donors (Lipinski definition) is 1. The Labute approximate surface area is 84.3 Å². The molecular weight excluding hydrogens is 174 g/mol. The van der Waals surface area contributed by atoms with E-state index in [-0.39, 0.29) is 5.91 Å². The fourth-order valence-electron chi connectivity index (χ4n) is 1.87. The average Bonchev–Trinajstić information content (AvgIpc) is 2.65. The summed E-state index contributed by atoms with van der Waals surface area (Å²) in [6.07, 6.45) is 1.72. The highest BCUT2D eigenvalue weighted by molar-refractivity contribution is 5.79. The van der Waals surface area contributed by atoms with E-state index in [1.54, 1.807) is 0 Å². The second kappa shape index (κ2) is 3.82. The highest BCUT2D eigenvalue weighted by atomic mass is 16.1. The van der Waals surface area contributed by atoms with Crippen LogP contribution in [0, 0.1) is 0 Å². The average molecular weight is 189 g/mol. The first-order valence-corrected chi connectivity index (χ1v) is 5.15. The third-order valence-corrected chi connectivity index (χ3v) is 2.84. The van der Waals surface area contributed by atoms with Crippen LogP contribution in [-0.4, -0.2) is 12.5 Å². The molecule has 2 heteroatoms. The molecule has 1 aliphatic rings. The van der Waals surface area contributed by atoms with Crippen LogP contribution >= 0.6 is 0 Å². The van der Waals surface area contributed by atoms with Crippen LogP contribution in [0.15, 0.2) is 24.3 Å². The number of benzene rings is 1. The van der Waals surface area contributed by atoms with Crippen molar-refractivity contribution in [2.24, 2.45) is 0 Å². The summed E-state index contributed by atoms with van der Waals surface area (Å²) in [5, 5.41) is 2.86. The molecule has 0 aromatic heterocycles. The van der Waals surface area contributed by atoms with Gasteiger partial charge in [0.05, 0.1) is 0 Å². The van der Waals surface area contributed by atoms with Gasteiger partial charge in [0, 0.05) is 18.9 Å². The minimum Gasteiger partial charge on any atom is -0.355 e. The highest BCUT2D eigenvalue weighted by Crippen LogP contribution is 2.23. The molecule has 0 aliphatic carbocycles. The normalized spacial score (nSPS) is 20.9. The lowest BCUT2D eigenvalue weighted by Gasteiger charge is -2.07. The van der Waals surface area contributed by atoms with Gasteiger partial charge in [-0.15, -0.1) is 0 Å². The number of hydrogen-bond acceptors (Lipinski definition) is 1. The van der Waals surface area contributed by atoms with Crippen molar-refractivity contribution in [3.63, 3.8) is 0 Å². The molecule has 1 saturated heterocycles. The van der Waals surface area contributed by atoms with E-state index in [1.165, 1.54) is 11.1 Å². The summed E-state index contributed by atoms with van der Waals surface area (Å²) in [6, 6.07) is 8.59. The smallest absolute Gasteiger partial charge is 0.220 e. The van der Waals surface area contributed by atoms with Crippen molar-refractivity contribution in [1.29, 1.82) is 0 Å². The Morgan fingerprint density at radius 2 is 2.07 bits per heavy atom. The highest BCUT2D eigenvalue weighted by Gasteiger charge is 2.22. The van der Waals surface area contributed by atoms with E-state index in [2.05, 4.69) is 36.5 Å². The molecule has 74 valence electrons. The van der Waals surface area contributed by atoms with Crippen LogP contribution in [0.1, 0.15) is 30.4 Å². The Hall–Kier alpha value is -1.31. The maximum absolute atomic E-state index is 11.0. The molecule has 1 atom stereocenters. The van der Waals surface area contributed by atoms with Crippen molar-refractivity contribution in [2.75, 3.05) is 6.54 Å². The monoisotopic (exact) mass is 189 g/mol. The van der Waals surface area contributed by atoms with Crippen LogP contribution in [0.4, 0.5) is 0 Å². The van der Waals surface area contributed by atoms with Crippen molar-refractivity contribution in [1.82, 2.24) is 5.32 Å². The van der Waals surface area contributed by atoms with Gasteiger partial charge in [-0.3, -0.25) is 4.79 Å². The van der Waals surface area contributed by atoms with E-state index in [9.17, 15) is 4.79 Å². The lowest BCUT2D eigenvalue weighted by Crippen LogP contribution is -2.13. The minimum absolute atomic E-state index is 0.176. The molecule has 1 N–H and O–H groups in total. The van der Waals surface area contributed by atoms with E-state index in [4.69, 9.17) is 0 Å². The molecule has 2 nitrogen and oxygen atoms in total. The van der Waals surface area contributed by atoms with Crippen LogP contribution in [0.2, 0.25) is 0 Å². The fourth-order valence-corrected chi connectivity index (χ4v) is 1.87. The molecule has 1 amide bonds. The first-order chi connectivity index (χ1) is 6.79. The van der Waals surface area contributed by atoms with Gasteiger partial charge >= 0.3 is 0 Å². The Balaban J connectivity index is 2.13. The predicted octanol–water partition coefficient (Wildman–Crippen LogP) is 1.85. The third kappa shape index (κ3) is 1.79. The van der Waals surface area contributed by atoms with E-state index in [1.807, 2.05) is 0 Å². The van der Waals surface area contributed by atoms with Crippen molar-refractivity contribution < 1.29 is 4.79 Å². The van der Waals surface area contributed by atoms with Gasteiger partial charge in [-0.1, -0.05) is 31.2 Å². The lowest BCUT2D eigenvalue weighted by atomic mass is 9.97. The van der Waals surface area contributed by atoms with Gasteiger partial charge in [-0.05, 0) is 17.5 Å². The molecule has 0 radical (unpaired) electrons. The van der Waals surface area contributed by atoms with E-state index < -0.39 is 0 Å². The van der Waals surface area contributed by atoms with Gasteiger partial charge in [0.2, 0.25) is 5.91 Å². The van der Waals surface area contributed by atoms with Crippen molar-refractivity contribution in [3.8, 4) is 0 Å². The SMILES string of the molecule is CCc1ccc(C2CNC(=O)C2)cc1. The number of carbonyl (C=O) groups excluding carboxylic acids is 1. The number of amides is 1. The number of rotatable bonds is 2. The van der Waals surface area contributed by atoms with Crippen molar-refractivity contribution in [3.05, 3.63) is 35.4 Å². The molecule has 1 aliphatic heterocycles. The molecule has 1 unspecified atom stereocenters. The molecule has 1 aromatic carbocycles. The minimum atomic E-state index is 0.176. The summed E-state index contributed by atoms with van der Waals surface area (Å²) in [6.45, 7) is 2.94. The Kier molecular flexibility index (Phi) is 2.53. The van der Waals surface area contributed by atoms with Crippen molar-refractivity contribution >= 4 is 5.91 Å². The van der Waals surface area contributed by atoms with E-state index in [0.29, 0.717) is 12.3 Å². The number of carbonyl (C=O) groups is 1. The maximum Gasteiger partial charge on any atom is 0.220 e. The summed E-state index contributed by atoms with van der Waals surface area (Å²) in [4.78, 5) is 11.0. The molecule has 1 heterocycles. The number of aryl methyl sites for hydroxylation is 1. The third-order valence-electron chi connectivity index (χ3n) is 2.84. The van der Waals surface area contributed by atoms with Crippen LogP contribution in [0.25, 0.3) is 0 Å². The van der Waals surface area contributed by atoms with Crippen LogP contribution in [0.3, 0.4) is 0 Å². The topological polar surface area (TPSA) is 29.1 Å². The molecule has 2 rings (SSSR count). The van der Waals surface area contributed by atoms with Gasteiger partial charge < -0.3 is 5.32 Å². The second-order valence-corrected chi connectivity index (χ2v) is 3.80. The Morgan fingerprint density at radius 1 is 1.36 bits per heavy atom. The molecule has 0 spiro atoms. The molecule has 1 aromatic rings. The maximum atomic E-state index is 11.0. The zero-order valence-electron chi connectivity index (χ0n) is 8.42. The summed E-state index contributed by atoms with van der Waals surface area (Å²) >= 11 is 0. The fraction of sp³-hybridized carbons (Fsp3) is 0.417. The Bertz CT molecular complexity index is 329. The van der Waals surface area contributed by atoms with E-state index >= 15 is 0 Å². The lowest BCUT2D eigenvalue weighted by molar-refractivity contribution is -0.119. The molecule has 14 heavy (non-hydrogen) atoms. The van der Waals surface area contributed by atoms with Gasteiger partial charge in [0.25, 0.3) is 0 Å². The van der Waals surface area contributed by atoms with Crippen LogP contribution in [-0.2, 0) is 11.2 Å². The Morgan fingerprint density at radius 3 is 2.57 bits per heavy atom. The summed E-state index contributed by atoms with van der Waals surface area (Å²) in [5.41, 5.74) is 2.63. The molecule has 0 bridgehead atoms. The molecule has 0 saturated carbocycles. The van der Waals surface area contributed by atoms with Crippen LogP contribution < -0.4 is 5.32 Å². The zero-order chi connectivity index (χ0) is 9.97. The molecule has 1 fully saturated rings. The molecular formula is C12H15NO. The van der Waals surface area contributed by atoms with Crippen LogP contribution in [0.5, 0.6) is 0 Å². The van der Waals surface area contributed by atoms with Gasteiger partial charge in [-0.25, -0.2) is 0 Å². The number of nitrogens with one attached hydrogen (secondary N) is 1. The van der Waals surface area contributed by atoms with Gasteiger partial charge in [0.15, 0.2) is 0 Å². The first kappa shape index (κ1) is 9.25. The summed E-state index contributed by atoms with van der Waals surface area (Å²) in [5.74, 6) is 0.558. The first-order valence-electron chi connectivity index (χ1n) is 5.15. The standard InChI is InChI=1S/C12H15NO/c1-2-9-3-5-10(6-4-9)11-7-12(14)13-8-11/h3-6,11H,2,7-8H2,1H3,(H,13,14). The summed E-state index contributed by atoms with van der Waals surface area (Å²) < 4.78 is 0. The zero-order valence-corrected chi connectivity index (χ0v) is 8.42. The summed E-state index contributed by atoms with van der Waals surface area (Å²) in [7, 11) is 0. The predicted molar refractivity (Wildman–Crippen MR) is 56.2 cm³/mol. The largest absolute Gasteiger partial charge is 0.355 e. The van der Waals surface area contributed by atoms with Gasteiger partial charge in [-0.2, -0.15) is 0 Å².